The Balaban J connectivity index is 1.28. The fourth-order valence-electron chi connectivity index (χ4n) is 4.59. The molecule has 1 aromatic carbocycles. The Labute approximate surface area is 175 Å². The molecule has 2 aliphatic heterocycles. The number of aromatic nitrogens is 2. The molecule has 0 saturated carbocycles. The lowest BCUT2D eigenvalue weighted by atomic mass is 10.1. The molecule has 1 aromatic heterocycles. The molecule has 0 spiro atoms. The molecule has 2 unspecified atom stereocenters. The third kappa shape index (κ3) is 5.69. The predicted octanol–water partition coefficient (Wildman–Crippen LogP) is 4.36. The van der Waals surface area contributed by atoms with E-state index in [1.807, 2.05) is 6.20 Å². The van der Waals surface area contributed by atoms with Crippen molar-refractivity contribution < 1.29 is 0 Å². The lowest BCUT2D eigenvalue weighted by molar-refractivity contribution is 0.245. The molecular weight excluding hydrogens is 358 g/mol. The average Bonchev–Trinajstić information content (AvgIpc) is 3.05. The van der Waals surface area contributed by atoms with Gasteiger partial charge in [0.2, 0.25) is 5.95 Å². The maximum absolute atomic E-state index is 4.83. The third-order valence-corrected chi connectivity index (χ3v) is 6.44. The quantitative estimate of drug-likeness (QED) is 0.757. The van der Waals surface area contributed by atoms with Gasteiger partial charge in [-0.1, -0.05) is 43.2 Å². The van der Waals surface area contributed by atoms with E-state index in [-0.39, 0.29) is 0 Å². The second-order valence-electron chi connectivity index (χ2n) is 8.64. The van der Waals surface area contributed by atoms with Crippen molar-refractivity contribution in [1.82, 2.24) is 14.9 Å². The van der Waals surface area contributed by atoms with Gasteiger partial charge in [0.15, 0.2) is 0 Å². The summed E-state index contributed by atoms with van der Waals surface area (Å²) in [7, 11) is 0. The Kier molecular flexibility index (Phi) is 6.99. The maximum atomic E-state index is 4.83. The number of hydrogen-bond donors (Lipinski definition) is 1. The van der Waals surface area contributed by atoms with Crippen LogP contribution in [0.4, 0.5) is 11.8 Å². The van der Waals surface area contributed by atoms with Gasteiger partial charge in [-0.25, -0.2) is 4.98 Å². The second kappa shape index (κ2) is 10.1. The average molecular weight is 394 g/mol. The van der Waals surface area contributed by atoms with Gasteiger partial charge in [0.05, 0.1) is 0 Å². The van der Waals surface area contributed by atoms with E-state index in [0.29, 0.717) is 12.1 Å². The molecule has 2 aliphatic rings. The molecule has 2 aromatic rings. The van der Waals surface area contributed by atoms with Gasteiger partial charge in [-0.2, -0.15) is 4.98 Å². The molecule has 2 fully saturated rings. The topological polar surface area (TPSA) is 44.3 Å². The van der Waals surface area contributed by atoms with Gasteiger partial charge in [0.1, 0.15) is 5.82 Å². The van der Waals surface area contributed by atoms with Crippen LogP contribution in [0.1, 0.15) is 51.0 Å². The van der Waals surface area contributed by atoms with Gasteiger partial charge < -0.3 is 10.2 Å². The van der Waals surface area contributed by atoms with E-state index < -0.39 is 0 Å². The first-order valence-electron chi connectivity index (χ1n) is 11.4. The molecule has 2 saturated heterocycles. The van der Waals surface area contributed by atoms with Crippen LogP contribution in [0.5, 0.6) is 0 Å². The Morgan fingerprint density at radius 2 is 1.83 bits per heavy atom. The summed E-state index contributed by atoms with van der Waals surface area (Å²) in [6.07, 6.45) is 10.6. The zero-order valence-electron chi connectivity index (χ0n) is 17.8. The first-order valence-corrected chi connectivity index (χ1v) is 11.4. The van der Waals surface area contributed by atoms with Crippen molar-refractivity contribution in [3.63, 3.8) is 0 Å². The van der Waals surface area contributed by atoms with Crippen molar-refractivity contribution in [3.8, 4) is 0 Å². The Hall–Kier alpha value is -2.14. The lowest BCUT2D eigenvalue weighted by Crippen LogP contribution is -2.34. The van der Waals surface area contributed by atoms with Crippen LogP contribution in [0.2, 0.25) is 0 Å². The normalized spacial score (nSPS) is 21.7. The number of rotatable bonds is 7. The smallest absolute Gasteiger partial charge is 0.224 e. The predicted molar refractivity (Wildman–Crippen MR) is 121 cm³/mol. The fraction of sp³-hybridized carbons (Fsp3) is 0.583. The molecule has 5 heteroatoms. The Morgan fingerprint density at radius 1 is 1.03 bits per heavy atom. The van der Waals surface area contributed by atoms with Crippen molar-refractivity contribution in [3.05, 3.63) is 48.2 Å². The molecule has 29 heavy (non-hydrogen) atoms. The number of aryl methyl sites for hydroxylation is 1. The highest BCUT2D eigenvalue weighted by Gasteiger charge is 2.26. The molecule has 3 heterocycles. The van der Waals surface area contributed by atoms with Gasteiger partial charge in [-0.15, -0.1) is 0 Å². The van der Waals surface area contributed by atoms with E-state index in [0.717, 1.165) is 50.8 Å². The SMILES string of the molecule is CC(CCc1ccccc1)N1CCC(Nc2nccc(N3CCCCCC3)n2)C1. The standard InChI is InChI=1S/C24H35N5/c1-20(11-12-21-9-5-4-6-10-21)29-18-14-22(19-29)26-24-25-15-13-23(27-24)28-16-7-2-3-8-17-28/h4-6,9-10,13,15,20,22H,2-3,7-8,11-12,14,16-19H2,1H3,(H,25,26,27). The van der Waals surface area contributed by atoms with Crippen LogP contribution < -0.4 is 10.2 Å². The minimum absolute atomic E-state index is 0.438. The highest BCUT2D eigenvalue weighted by atomic mass is 15.3. The van der Waals surface area contributed by atoms with E-state index in [2.05, 4.69) is 63.4 Å². The highest BCUT2D eigenvalue weighted by molar-refractivity contribution is 5.43. The summed E-state index contributed by atoms with van der Waals surface area (Å²) in [5, 5.41) is 3.60. The molecule has 0 aliphatic carbocycles. The van der Waals surface area contributed by atoms with Gasteiger partial charge >= 0.3 is 0 Å². The van der Waals surface area contributed by atoms with E-state index in [9.17, 15) is 0 Å². The van der Waals surface area contributed by atoms with Crippen molar-refractivity contribution >= 4 is 11.8 Å². The zero-order chi connectivity index (χ0) is 19.9. The van der Waals surface area contributed by atoms with Crippen molar-refractivity contribution in [2.75, 3.05) is 36.4 Å². The summed E-state index contributed by atoms with van der Waals surface area (Å²) in [6, 6.07) is 13.9. The van der Waals surface area contributed by atoms with Crippen LogP contribution in [0.3, 0.4) is 0 Å². The van der Waals surface area contributed by atoms with E-state index in [4.69, 9.17) is 4.98 Å². The molecule has 2 atom stereocenters. The fourth-order valence-corrected chi connectivity index (χ4v) is 4.59. The summed E-state index contributed by atoms with van der Waals surface area (Å²) in [5.74, 6) is 1.87. The van der Waals surface area contributed by atoms with Crippen molar-refractivity contribution in [1.29, 1.82) is 0 Å². The lowest BCUT2D eigenvalue weighted by Gasteiger charge is -2.25. The molecule has 4 rings (SSSR count). The molecule has 156 valence electrons. The third-order valence-electron chi connectivity index (χ3n) is 6.44. The molecule has 0 bridgehead atoms. The summed E-state index contributed by atoms with van der Waals surface area (Å²) in [6.45, 7) is 6.83. The highest BCUT2D eigenvalue weighted by Crippen LogP contribution is 2.21. The largest absolute Gasteiger partial charge is 0.356 e. The van der Waals surface area contributed by atoms with Gasteiger partial charge in [0, 0.05) is 44.5 Å². The molecular formula is C24H35N5. The number of nitrogens with one attached hydrogen (secondary N) is 1. The second-order valence-corrected chi connectivity index (χ2v) is 8.64. The van der Waals surface area contributed by atoms with Gasteiger partial charge in [-0.3, -0.25) is 4.90 Å². The minimum Gasteiger partial charge on any atom is -0.356 e. The first kappa shape index (κ1) is 20.1. The molecule has 0 radical (unpaired) electrons. The summed E-state index contributed by atoms with van der Waals surface area (Å²) < 4.78 is 0. The van der Waals surface area contributed by atoms with Crippen LogP contribution in [-0.2, 0) is 6.42 Å². The zero-order valence-corrected chi connectivity index (χ0v) is 17.8. The van der Waals surface area contributed by atoms with E-state index in [1.54, 1.807) is 0 Å². The van der Waals surface area contributed by atoms with E-state index in [1.165, 1.54) is 37.7 Å². The summed E-state index contributed by atoms with van der Waals surface area (Å²) in [4.78, 5) is 14.4. The first-order chi connectivity index (χ1) is 14.3. The number of anilines is 2. The monoisotopic (exact) mass is 393 g/mol. The van der Waals surface area contributed by atoms with Crippen LogP contribution in [0.15, 0.2) is 42.6 Å². The van der Waals surface area contributed by atoms with Gasteiger partial charge in [-0.05, 0) is 50.7 Å². The van der Waals surface area contributed by atoms with Crippen LogP contribution >= 0.6 is 0 Å². The number of hydrogen-bond acceptors (Lipinski definition) is 5. The van der Waals surface area contributed by atoms with Crippen molar-refractivity contribution in [2.45, 2.75) is 64.0 Å². The maximum Gasteiger partial charge on any atom is 0.224 e. The molecule has 1 N–H and O–H groups in total. The summed E-state index contributed by atoms with van der Waals surface area (Å²) >= 11 is 0. The van der Waals surface area contributed by atoms with E-state index >= 15 is 0 Å². The van der Waals surface area contributed by atoms with Crippen LogP contribution in [0.25, 0.3) is 0 Å². The molecule has 0 amide bonds. The van der Waals surface area contributed by atoms with Gasteiger partial charge in [0.25, 0.3) is 0 Å². The number of likely N-dealkylation sites (tertiary alicyclic amines) is 1. The van der Waals surface area contributed by atoms with Crippen molar-refractivity contribution in [2.24, 2.45) is 0 Å². The summed E-state index contributed by atoms with van der Waals surface area (Å²) in [5.41, 5.74) is 1.44. The number of benzene rings is 1. The Bertz CT molecular complexity index is 742. The minimum atomic E-state index is 0.438. The molecule has 5 nitrogen and oxygen atoms in total. The van der Waals surface area contributed by atoms with Crippen LogP contribution in [0, 0.1) is 0 Å². The number of nitrogens with zero attached hydrogens (tertiary/aromatic N) is 4. The van der Waals surface area contributed by atoms with Crippen LogP contribution in [-0.4, -0.2) is 53.1 Å². The Morgan fingerprint density at radius 3 is 2.62 bits per heavy atom.